The van der Waals surface area contributed by atoms with Crippen LogP contribution >= 0.6 is 0 Å². The van der Waals surface area contributed by atoms with E-state index in [0.717, 1.165) is 35.2 Å². The normalized spacial score (nSPS) is 11.9. The predicted octanol–water partition coefficient (Wildman–Crippen LogP) is 5.71. The fourth-order valence-corrected chi connectivity index (χ4v) is 3.32. The molecule has 0 spiro atoms. The number of aromatic amines is 1. The van der Waals surface area contributed by atoms with Crippen LogP contribution in [0.15, 0.2) is 84.9 Å². The highest BCUT2D eigenvalue weighted by Crippen LogP contribution is 2.26. The van der Waals surface area contributed by atoms with Gasteiger partial charge in [-0.25, -0.2) is 0 Å². The van der Waals surface area contributed by atoms with Crippen molar-refractivity contribution in [1.29, 1.82) is 0 Å². The molecular formula is C25H24N2O2. The van der Waals surface area contributed by atoms with Gasteiger partial charge in [-0.2, -0.15) is 0 Å². The maximum atomic E-state index is 12.6. The molecule has 146 valence electrons. The molecule has 1 heterocycles. The van der Waals surface area contributed by atoms with Crippen molar-refractivity contribution < 1.29 is 9.53 Å². The lowest BCUT2D eigenvalue weighted by atomic mass is 10.1. The van der Waals surface area contributed by atoms with E-state index in [1.54, 1.807) is 0 Å². The SMILES string of the molecule is C[C@H](CCc1ccccc1)NC(=O)c1cc2cc(Oc3ccccc3)ccc2[nH]1. The Morgan fingerprint density at radius 1 is 0.931 bits per heavy atom. The number of ether oxygens (including phenoxy) is 1. The van der Waals surface area contributed by atoms with Gasteiger partial charge in [-0.1, -0.05) is 48.5 Å². The van der Waals surface area contributed by atoms with Crippen LogP contribution in [0.25, 0.3) is 10.9 Å². The van der Waals surface area contributed by atoms with Crippen molar-refractivity contribution in [3.63, 3.8) is 0 Å². The molecule has 1 atom stereocenters. The maximum absolute atomic E-state index is 12.6. The van der Waals surface area contributed by atoms with E-state index in [1.165, 1.54) is 5.56 Å². The minimum absolute atomic E-state index is 0.0890. The molecule has 1 amide bonds. The van der Waals surface area contributed by atoms with Gasteiger partial charge in [0.2, 0.25) is 0 Å². The monoisotopic (exact) mass is 384 g/mol. The summed E-state index contributed by atoms with van der Waals surface area (Å²) in [6, 6.07) is 27.7. The highest BCUT2D eigenvalue weighted by molar-refractivity contribution is 5.98. The lowest BCUT2D eigenvalue weighted by Gasteiger charge is -2.13. The Hall–Kier alpha value is -3.53. The van der Waals surface area contributed by atoms with Gasteiger partial charge >= 0.3 is 0 Å². The number of fused-ring (bicyclic) bond motifs is 1. The van der Waals surface area contributed by atoms with E-state index in [-0.39, 0.29) is 11.9 Å². The Labute approximate surface area is 170 Å². The first kappa shape index (κ1) is 18.8. The van der Waals surface area contributed by atoms with E-state index >= 15 is 0 Å². The molecule has 0 bridgehead atoms. The van der Waals surface area contributed by atoms with Crippen molar-refractivity contribution in [2.24, 2.45) is 0 Å². The van der Waals surface area contributed by atoms with Crippen molar-refractivity contribution in [2.75, 3.05) is 0 Å². The van der Waals surface area contributed by atoms with E-state index in [4.69, 9.17) is 4.74 Å². The van der Waals surface area contributed by atoms with Crippen molar-refractivity contribution in [3.8, 4) is 11.5 Å². The van der Waals surface area contributed by atoms with Gasteiger partial charge in [0.15, 0.2) is 0 Å². The molecule has 0 saturated carbocycles. The first-order chi connectivity index (χ1) is 14.2. The predicted molar refractivity (Wildman–Crippen MR) is 117 cm³/mol. The van der Waals surface area contributed by atoms with Crippen LogP contribution in [0.5, 0.6) is 11.5 Å². The third-order valence-corrected chi connectivity index (χ3v) is 4.90. The van der Waals surface area contributed by atoms with Gasteiger partial charge in [-0.3, -0.25) is 4.79 Å². The molecule has 4 rings (SSSR count). The fraction of sp³-hybridized carbons (Fsp3) is 0.160. The number of benzene rings is 3. The molecule has 4 aromatic rings. The lowest BCUT2D eigenvalue weighted by molar-refractivity contribution is 0.0934. The number of hydrogen-bond donors (Lipinski definition) is 2. The molecule has 2 N–H and O–H groups in total. The molecule has 0 saturated heterocycles. The third kappa shape index (κ3) is 4.85. The van der Waals surface area contributed by atoms with E-state index in [1.807, 2.05) is 79.7 Å². The van der Waals surface area contributed by atoms with E-state index < -0.39 is 0 Å². The highest BCUT2D eigenvalue weighted by atomic mass is 16.5. The fourth-order valence-electron chi connectivity index (χ4n) is 3.32. The number of para-hydroxylation sites is 1. The second-order valence-corrected chi connectivity index (χ2v) is 7.25. The van der Waals surface area contributed by atoms with Crippen LogP contribution in [0.1, 0.15) is 29.4 Å². The number of aryl methyl sites for hydroxylation is 1. The van der Waals surface area contributed by atoms with Gasteiger partial charge in [-0.15, -0.1) is 0 Å². The average Bonchev–Trinajstić information content (AvgIpc) is 3.17. The van der Waals surface area contributed by atoms with Crippen molar-refractivity contribution in [1.82, 2.24) is 10.3 Å². The van der Waals surface area contributed by atoms with Crippen LogP contribution in [0.4, 0.5) is 0 Å². The van der Waals surface area contributed by atoms with Crippen molar-refractivity contribution in [2.45, 2.75) is 25.8 Å². The van der Waals surface area contributed by atoms with Gasteiger partial charge < -0.3 is 15.0 Å². The Morgan fingerprint density at radius 2 is 1.66 bits per heavy atom. The van der Waals surface area contributed by atoms with Gasteiger partial charge in [0.1, 0.15) is 17.2 Å². The zero-order valence-corrected chi connectivity index (χ0v) is 16.4. The van der Waals surface area contributed by atoms with Gasteiger partial charge in [-0.05, 0) is 61.7 Å². The van der Waals surface area contributed by atoms with Crippen molar-refractivity contribution >= 4 is 16.8 Å². The first-order valence-corrected chi connectivity index (χ1v) is 9.88. The third-order valence-electron chi connectivity index (χ3n) is 4.90. The average molecular weight is 384 g/mol. The molecule has 0 aliphatic carbocycles. The van der Waals surface area contributed by atoms with Gasteiger partial charge in [0.25, 0.3) is 5.91 Å². The smallest absolute Gasteiger partial charge is 0.267 e. The number of carbonyl (C=O) groups is 1. The Morgan fingerprint density at radius 3 is 2.41 bits per heavy atom. The van der Waals surface area contributed by atoms with Crippen LogP contribution in [-0.2, 0) is 6.42 Å². The highest BCUT2D eigenvalue weighted by Gasteiger charge is 2.13. The molecule has 0 radical (unpaired) electrons. The number of carbonyl (C=O) groups excluding carboxylic acids is 1. The second-order valence-electron chi connectivity index (χ2n) is 7.25. The van der Waals surface area contributed by atoms with Crippen LogP contribution in [-0.4, -0.2) is 16.9 Å². The van der Waals surface area contributed by atoms with Crippen LogP contribution in [0.3, 0.4) is 0 Å². The minimum atomic E-state index is -0.0905. The number of amides is 1. The quantitative estimate of drug-likeness (QED) is 0.429. The summed E-state index contributed by atoms with van der Waals surface area (Å²) in [4.78, 5) is 15.8. The van der Waals surface area contributed by atoms with Crippen LogP contribution in [0.2, 0.25) is 0 Å². The standard InChI is InChI=1S/C25H24N2O2/c1-18(12-13-19-8-4-2-5-9-19)26-25(28)24-17-20-16-22(14-15-23(20)27-24)29-21-10-6-3-7-11-21/h2-11,14-18,27H,12-13H2,1H3,(H,26,28)/t18-/m1/s1. The van der Waals surface area contributed by atoms with Crippen LogP contribution < -0.4 is 10.1 Å². The summed E-state index contributed by atoms with van der Waals surface area (Å²) in [5.74, 6) is 1.44. The summed E-state index contributed by atoms with van der Waals surface area (Å²) in [5.41, 5.74) is 2.75. The molecule has 0 fully saturated rings. The van der Waals surface area contributed by atoms with E-state index in [0.29, 0.717) is 5.69 Å². The largest absolute Gasteiger partial charge is 0.457 e. The summed E-state index contributed by atoms with van der Waals surface area (Å²) >= 11 is 0. The van der Waals surface area contributed by atoms with E-state index in [2.05, 4.69) is 22.4 Å². The summed E-state index contributed by atoms with van der Waals surface area (Å²) in [6.07, 6.45) is 1.83. The van der Waals surface area contributed by atoms with Gasteiger partial charge in [0, 0.05) is 16.9 Å². The molecule has 1 aromatic heterocycles. The molecule has 4 heteroatoms. The zero-order chi connectivity index (χ0) is 20.1. The summed E-state index contributed by atoms with van der Waals surface area (Å²) in [6.45, 7) is 2.04. The number of aromatic nitrogens is 1. The van der Waals surface area contributed by atoms with E-state index in [9.17, 15) is 4.79 Å². The molecular weight excluding hydrogens is 360 g/mol. The van der Waals surface area contributed by atoms with Crippen molar-refractivity contribution in [3.05, 3.63) is 96.2 Å². The number of rotatable bonds is 7. The molecule has 3 aromatic carbocycles. The molecule has 0 aliphatic heterocycles. The molecule has 0 aliphatic rings. The Kier molecular flexibility index (Phi) is 5.61. The maximum Gasteiger partial charge on any atom is 0.267 e. The molecule has 29 heavy (non-hydrogen) atoms. The molecule has 4 nitrogen and oxygen atoms in total. The second kappa shape index (κ2) is 8.65. The first-order valence-electron chi connectivity index (χ1n) is 9.88. The van der Waals surface area contributed by atoms with Gasteiger partial charge in [0.05, 0.1) is 0 Å². The summed E-state index contributed by atoms with van der Waals surface area (Å²) in [5, 5.41) is 4.03. The minimum Gasteiger partial charge on any atom is -0.457 e. The number of nitrogens with one attached hydrogen (secondary N) is 2. The molecule has 0 unspecified atom stereocenters. The topological polar surface area (TPSA) is 54.1 Å². The number of H-pyrrole nitrogens is 1. The van der Waals surface area contributed by atoms with Crippen LogP contribution in [0, 0.1) is 0 Å². The lowest BCUT2D eigenvalue weighted by Crippen LogP contribution is -2.33. The zero-order valence-electron chi connectivity index (χ0n) is 16.4. The summed E-state index contributed by atoms with van der Waals surface area (Å²) in [7, 11) is 0. The number of hydrogen-bond acceptors (Lipinski definition) is 2. The summed E-state index contributed by atoms with van der Waals surface area (Å²) < 4.78 is 5.88. The Balaban J connectivity index is 1.39. The Bertz CT molecular complexity index is 1090.